The molecule has 188 valence electrons. The Morgan fingerprint density at radius 1 is 1.22 bits per heavy atom. The van der Waals surface area contributed by atoms with Crippen LogP contribution in [-0.2, 0) is 7.05 Å². The molecule has 0 bridgehead atoms. The van der Waals surface area contributed by atoms with E-state index in [0.717, 1.165) is 23.9 Å². The van der Waals surface area contributed by atoms with Crippen LogP contribution in [0.15, 0.2) is 36.8 Å². The molecular weight excluding hydrogens is 482 g/mol. The normalized spacial score (nSPS) is 15.0. The van der Waals surface area contributed by atoms with Crippen LogP contribution in [0.5, 0.6) is 5.75 Å². The van der Waals surface area contributed by atoms with Gasteiger partial charge in [0.25, 0.3) is 5.91 Å². The maximum absolute atomic E-state index is 14.9. The van der Waals surface area contributed by atoms with E-state index in [2.05, 4.69) is 24.8 Å². The average Bonchev–Trinajstić information content (AvgIpc) is 3.44. The van der Waals surface area contributed by atoms with Crippen molar-refractivity contribution in [2.24, 2.45) is 7.05 Å². The summed E-state index contributed by atoms with van der Waals surface area (Å²) in [6.45, 7) is 0.625. The van der Waals surface area contributed by atoms with Crippen molar-refractivity contribution in [3.8, 4) is 17.1 Å². The van der Waals surface area contributed by atoms with E-state index in [4.69, 9.17) is 5.73 Å². The number of aryl methyl sites for hydroxylation is 1. The van der Waals surface area contributed by atoms with E-state index in [1.54, 1.807) is 29.0 Å². The lowest BCUT2D eigenvalue weighted by molar-refractivity contribution is -0.274. The van der Waals surface area contributed by atoms with Crippen molar-refractivity contribution in [2.75, 3.05) is 18.8 Å². The molecule has 0 spiro atoms. The second-order valence-electron chi connectivity index (χ2n) is 8.57. The fourth-order valence-electron chi connectivity index (χ4n) is 4.49. The van der Waals surface area contributed by atoms with E-state index < -0.39 is 23.8 Å². The van der Waals surface area contributed by atoms with Crippen molar-refractivity contribution in [3.63, 3.8) is 0 Å². The summed E-state index contributed by atoms with van der Waals surface area (Å²) in [5.74, 6) is -1.07. The molecule has 13 heteroatoms. The fraction of sp³-hybridized carbons (Fsp3) is 0.304. The standard InChI is InChI=1S/C23H21F4N7O2/c1-33-11-13(9-30-33)20-31-19-18(16(24)10-29-21(19)32-20)12-4-6-34(7-5-12)22(35)15-3-2-14(8-17(15)28)36-23(25,26)27/h2-3,8-12H,4-7,28H2,1H3,(H,29,31,32). The zero-order valence-corrected chi connectivity index (χ0v) is 19.0. The number of nitrogens with zero attached hydrogens (tertiary/aromatic N) is 5. The number of fused-ring (bicyclic) bond motifs is 1. The van der Waals surface area contributed by atoms with Gasteiger partial charge in [-0.3, -0.25) is 9.48 Å². The number of rotatable bonds is 4. The molecule has 0 atom stereocenters. The number of H-pyrrole nitrogens is 1. The topological polar surface area (TPSA) is 115 Å². The number of carbonyl (C=O) groups is 1. The number of likely N-dealkylation sites (tertiary alicyclic amines) is 1. The summed E-state index contributed by atoms with van der Waals surface area (Å²) in [6.07, 6.45) is 0.654. The summed E-state index contributed by atoms with van der Waals surface area (Å²) in [7, 11) is 1.78. The summed E-state index contributed by atoms with van der Waals surface area (Å²) in [5, 5.41) is 4.13. The summed E-state index contributed by atoms with van der Waals surface area (Å²) in [6, 6.07) is 3.22. The number of hydrogen-bond donors (Lipinski definition) is 2. The highest BCUT2D eigenvalue weighted by atomic mass is 19.4. The number of pyridine rings is 1. The van der Waals surface area contributed by atoms with E-state index in [9.17, 15) is 22.4 Å². The van der Waals surface area contributed by atoms with E-state index in [0.29, 0.717) is 48.5 Å². The van der Waals surface area contributed by atoms with Gasteiger partial charge in [-0.05, 0) is 30.9 Å². The highest BCUT2D eigenvalue weighted by Crippen LogP contribution is 2.35. The summed E-state index contributed by atoms with van der Waals surface area (Å²) in [5.41, 5.74) is 7.86. The second kappa shape index (κ2) is 8.81. The monoisotopic (exact) mass is 503 g/mol. The molecule has 3 aromatic heterocycles. The number of benzene rings is 1. The van der Waals surface area contributed by atoms with Crippen molar-refractivity contribution < 1.29 is 27.1 Å². The minimum absolute atomic E-state index is 0.0777. The van der Waals surface area contributed by atoms with Crippen molar-refractivity contribution in [2.45, 2.75) is 25.1 Å². The maximum Gasteiger partial charge on any atom is 0.573 e. The second-order valence-corrected chi connectivity index (χ2v) is 8.57. The van der Waals surface area contributed by atoms with Gasteiger partial charge in [-0.1, -0.05) is 0 Å². The number of hydrogen-bond acceptors (Lipinski definition) is 6. The van der Waals surface area contributed by atoms with E-state index in [1.165, 1.54) is 6.07 Å². The largest absolute Gasteiger partial charge is 0.573 e. The smallest absolute Gasteiger partial charge is 0.406 e. The van der Waals surface area contributed by atoms with Gasteiger partial charge in [0.15, 0.2) is 5.65 Å². The molecule has 9 nitrogen and oxygen atoms in total. The predicted molar refractivity (Wildman–Crippen MR) is 121 cm³/mol. The number of aromatic nitrogens is 5. The van der Waals surface area contributed by atoms with Gasteiger partial charge >= 0.3 is 6.36 Å². The van der Waals surface area contributed by atoms with Crippen LogP contribution in [0.2, 0.25) is 0 Å². The molecule has 5 rings (SSSR count). The minimum atomic E-state index is -4.86. The lowest BCUT2D eigenvalue weighted by atomic mass is 9.88. The number of carbonyl (C=O) groups excluding carboxylic acids is 1. The molecule has 0 aliphatic carbocycles. The fourth-order valence-corrected chi connectivity index (χ4v) is 4.49. The number of amides is 1. The first-order chi connectivity index (χ1) is 17.1. The van der Waals surface area contributed by atoms with Crippen molar-refractivity contribution in [1.29, 1.82) is 0 Å². The quantitative estimate of drug-likeness (QED) is 0.321. The SMILES string of the molecule is Cn1cc(-c2nc3c(C4CCN(C(=O)c5ccc(OC(F)(F)F)cc5N)CC4)c(F)cnc3[nH]2)cn1. The lowest BCUT2D eigenvalue weighted by Crippen LogP contribution is -2.38. The molecule has 36 heavy (non-hydrogen) atoms. The zero-order chi connectivity index (χ0) is 25.6. The third-order valence-electron chi connectivity index (χ3n) is 6.16. The molecule has 1 saturated heterocycles. The number of halogens is 4. The van der Waals surface area contributed by atoms with Crippen LogP contribution in [0.4, 0.5) is 23.2 Å². The predicted octanol–water partition coefficient (Wildman–Crippen LogP) is 4.00. The third-order valence-corrected chi connectivity index (χ3v) is 6.16. The van der Waals surface area contributed by atoms with Crippen molar-refractivity contribution in [3.05, 3.63) is 53.7 Å². The molecule has 1 aliphatic heterocycles. The van der Waals surface area contributed by atoms with Gasteiger partial charge in [0.05, 0.1) is 23.5 Å². The molecule has 1 amide bonds. The molecule has 1 aliphatic rings. The number of ether oxygens (including phenoxy) is 1. The Kier molecular flexibility index (Phi) is 5.77. The number of alkyl halides is 3. The molecule has 3 N–H and O–H groups in total. The van der Waals surface area contributed by atoms with Crippen molar-refractivity contribution >= 4 is 22.8 Å². The third kappa shape index (κ3) is 4.55. The van der Waals surface area contributed by atoms with Crippen LogP contribution in [-0.4, -0.2) is 55.0 Å². The van der Waals surface area contributed by atoms with Crippen molar-refractivity contribution in [1.82, 2.24) is 29.6 Å². The van der Waals surface area contributed by atoms with E-state index >= 15 is 0 Å². The molecule has 1 aromatic carbocycles. The van der Waals surface area contributed by atoms with E-state index in [-0.39, 0.29) is 17.2 Å². The van der Waals surface area contributed by atoms with Gasteiger partial charge < -0.3 is 20.4 Å². The van der Waals surface area contributed by atoms with Crippen LogP contribution in [0.1, 0.15) is 34.7 Å². The van der Waals surface area contributed by atoms with Gasteiger partial charge in [0.2, 0.25) is 0 Å². The molecule has 4 aromatic rings. The highest BCUT2D eigenvalue weighted by molar-refractivity contribution is 5.99. The first-order valence-corrected chi connectivity index (χ1v) is 11.1. The number of anilines is 1. The van der Waals surface area contributed by atoms with E-state index in [1.807, 2.05) is 0 Å². The molecule has 0 radical (unpaired) electrons. The molecule has 0 saturated carbocycles. The summed E-state index contributed by atoms with van der Waals surface area (Å²) < 4.78 is 57.7. The molecule has 4 heterocycles. The summed E-state index contributed by atoms with van der Waals surface area (Å²) in [4.78, 5) is 26.3. The zero-order valence-electron chi connectivity index (χ0n) is 19.0. The number of nitrogen functional groups attached to an aromatic ring is 1. The number of imidazole rings is 1. The lowest BCUT2D eigenvalue weighted by Gasteiger charge is -2.32. The number of piperidine rings is 1. The number of nitrogens with one attached hydrogen (secondary N) is 1. The van der Waals surface area contributed by atoms with Crippen LogP contribution in [0, 0.1) is 5.82 Å². The average molecular weight is 503 g/mol. The first-order valence-electron chi connectivity index (χ1n) is 11.1. The Balaban J connectivity index is 1.33. The molecular formula is C23H21F4N7O2. The van der Waals surface area contributed by atoms with Gasteiger partial charge in [0.1, 0.15) is 22.9 Å². The maximum atomic E-state index is 14.9. The molecule has 0 unspecified atom stereocenters. The van der Waals surface area contributed by atoms with Crippen LogP contribution >= 0.6 is 0 Å². The Hall–Kier alpha value is -4.16. The highest BCUT2D eigenvalue weighted by Gasteiger charge is 2.32. The summed E-state index contributed by atoms with van der Waals surface area (Å²) >= 11 is 0. The van der Waals surface area contributed by atoms with Crippen LogP contribution in [0.25, 0.3) is 22.6 Å². The first kappa shape index (κ1) is 23.6. The number of aromatic amines is 1. The van der Waals surface area contributed by atoms with Gasteiger partial charge in [-0.15, -0.1) is 13.2 Å². The van der Waals surface area contributed by atoms with Gasteiger partial charge in [0, 0.05) is 43.7 Å². The van der Waals surface area contributed by atoms with Gasteiger partial charge in [-0.25, -0.2) is 14.4 Å². The Bertz CT molecular complexity index is 1440. The Morgan fingerprint density at radius 2 is 1.97 bits per heavy atom. The molecule has 1 fully saturated rings. The van der Waals surface area contributed by atoms with Crippen LogP contribution < -0.4 is 10.5 Å². The Morgan fingerprint density at radius 3 is 2.61 bits per heavy atom. The van der Waals surface area contributed by atoms with Crippen LogP contribution in [0.3, 0.4) is 0 Å². The van der Waals surface area contributed by atoms with Gasteiger partial charge in [-0.2, -0.15) is 5.10 Å². The minimum Gasteiger partial charge on any atom is -0.406 e. The Labute approximate surface area is 201 Å². The number of nitrogens with two attached hydrogens (primary N) is 1.